The fourth-order valence-electron chi connectivity index (χ4n) is 2.03. The summed E-state index contributed by atoms with van der Waals surface area (Å²) in [7, 11) is -0.801. The summed E-state index contributed by atoms with van der Waals surface area (Å²) in [5.41, 5.74) is -1.88. The van der Waals surface area contributed by atoms with Crippen LogP contribution in [-0.4, -0.2) is 28.3 Å². The van der Waals surface area contributed by atoms with Crippen molar-refractivity contribution in [2.75, 3.05) is 0 Å². The molecule has 0 aromatic carbocycles. The number of alkyl halides is 3. The van der Waals surface area contributed by atoms with Gasteiger partial charge in [0.25, 0.3) is 0 Å². The molecule has 1 aliphatic heterocycles. The normalized spacial score (nSPS) is 26.1. The molecule has 0 spiro atoms. The van der Waals surface area contributed by atoms with Gasteiger partial charge in [0.2, 0.25) is 0 Å². The van der Waals surface area contributed by atoms with Gasteiger partial charge in [0, 0.05) is 6.20 Å². The molecule has 8 heteroatoms. The molecule has 4 nitrogen and oxygen atoms in total. The van der Waals surface area contributed by atoms with Gasteiger partial charge in [-0.2, -0.15) is 13.2 Å². The third kappa shape index (κ3) is 2.54. The van der Waals surface area contributed by atoms with Gasteiger partial charge in [-0.25, -0.2) is 4.98 Å². The molecule has 0 N–H and O–H groups in total. The van der Waals surface area contributed by atoms with E-state index in [4.69, 9.17) is 9.31 Å². The summed E-state index contributed by atoms with van der Waals surface area (Å²) < 4.78 is 48.9. The Labute approximate surface area is 115 Å². The predicted molar refractivity (Wildman–Crippen MR) is 67.4 cm³/mol. The van der Waals surface area contributed by atoms with E-state index in [9.17, 15) is 13.2 Å². The van der Waals surface area contributed by atoms with Crippen LogP contribution in [0.3, 0.4) is 0 Å². The van der Waals surface area contributed by atoms with Gasteiger partial charge in [-0.1, -0.05) is 6.92 Å². The van der Waals surface area contributed by atoms with Crippen molar-refractivity contribution in [1.29, 1.82) is 0 Å². The van der Waals surface area contributed by atoms with Crippen LogP contribution < -0.4 is 5.59 Å². The summed E-state index contributed by atoms with van der Waals surface area (Å²) in [5.74, 6) is 0. The first-order valence-corrected chi connectivity index (χ1v) is 6.34. The second-order valence-corrected chi connectivity index (χ2v) is 5.49. The minimum atomic E-state index is -4.50. The predicted octanol–water partition coefficient (Wildman–Crippen LogP) is 2.18. The standard InChI is InChI=1S/C12H16BF3N2O2/c1-5-11(4)10(2,3)19-13(20-11)9-7-17-8(6-18-9)12(14,15)16/h6-7H,5H2,1-4H3. The number of nitrogens with zero attached hydrogens (tertiary/aromatic N) is 2. The van der Waals surface area contributed by atoms with E-state index in [1.165, 1.54) is 0 Å². The minimum Gasteiger partial charge on any atom is -0.398 e. The Kier molecular flexibility index (Phi) is 3.58. The van der Waals surface area contributed by atoms with Crippen LogP contribution in [0.15, 0.2) is 12.4 Å². The molecule has 1 atom stereocenters. The summed E-state index contributed by atoms with van der Waals surface area (Å²) in [6, 6.07) is 0. The lowest BCUT2D eigenvalue weighted by Crippen LogP contribution is -2.44. The van der Waals surface area contributed by atoms with Gasteiger partial charge >= 0.3 is 13.3 Å². The monoisotopic (exact) mass is 288 g/mol. The fraction of sp³-hybridized carbons (Fsp3) is 0.667. The molecule has 0 saturated carbocycles. The average Bonchev–Trinajstić information content (AvgIpc) is 2.60. The topological polar surface area (TPSA) is 44.2 Å². The maximum Gasteiger partial charge on any atom is 0.516 e. The number of rotatable bonds is 2. The van der Waals surface area contributed by atoms with E-state index in [2.05, 4.69) is 9.97 Å². The van der Waals surface area contributed by atoms with Crippen LogP contribution >= 0.6 is 0 Å². The lowest BCUT2D eigenvalue weighted by Gasteiger charge is -2.35. The third-order valence-electron chi connectivity index (χ3n) is 3.92. The molecule has 1 aromatic rings. The molecule has 1 aliphatic rings. The molecule has 110 valence electrons. The summed E-state index contributed by atoms with van der Waals surface area (Å²) in [5, 5.41) is 0. The highest BCUT2D eigenvalue weighted by Crippen LogP contribution is 2.39. The van der Waals surface area contributed by atoms with Gasteiger partial charge in [-0.15, -0.1) is 0 Å². The lowest BCUT2D eigenvalue weighted by atomic mass is 9.85. The fourth-order valence-corrected chi connectivity index (χ4v) is 2.03. The van der Waals surface area contributed by atoms with E-state index in [-0.39, 0.29) is 5.59 Å². The van der Waals surface area contributed by atoms with E-state index >= 15 is 0 Å². The highest BCUT2D eigenvalue weighted by atomic mass is 19.4. The van der Waals surface area contributed by atoms with Crippen molar-refractivity contribution >= 4 is 12.7 Å². The number of halogens is 3. The number of aromatic nitrogens is 2. The molecule has 2 heterocycles. The number of hydrogen-bond donors (Lipinski definition) is 0. The molecular weight excluding hydrogens is 272 g/mol. The molecule has 0 aliphatic carbocycles. The van der Waals surface area contributed by atoms with E-state index in [1.807, 2.05) is 27.7 Å². The van der Waals surface area contributed by atoms with Crippen LogP contribution in [0, 0.1) is 0 Å². The summed E-state index contributed by atoms with van der Waals surface area (Å²) >= 11 is 0. The van der Waals surface area contributed by atoms with Gasteiger partial charge in [-0.05, 0) is 27.2 Å². The molecule has 1 saturated heterocycles. The van der Waals surface area contributed by atoms with E-state index in [0.29, 0.717) is 12.6 Å². The molecule has 1 aromatic heterocycles. The lowest BCUT2D eigenvalue weighted by molar-refractivity contribution is -0.141. The maximum absolute atomic E-state index is 12.4. The van der Waals surface area contributed by atoms with Crippen LogP contribution in [0.1, 0.15) is 39.8 Å². The van der Waals surface area contributed by atoms with E-state index < -0.39 is 30.2 Å². The van der Waals surface area contributed by atoms with Gasteiger partial charge in [0.1, 0.15) is 0 Å². The Morgan fingerprint density at radius 1 is 1.15 bits per heavy atom. The Hall–Kier alpha value is -1.15. The van der Waals surface area contributed by atoms with E-state index in [1.54, 1.807) is 0 Å². The first-order valence-electron chi connectivity index (χ1n) is 6.34. The molecule has 0 radical (unpaired) electrons. The molecule has 0 bridgehead atoms. The van der Waals surface area contributed by atoms with Crippen LogP contribution in [0.5, 0.6) is 0 Å². The molecular formula is C12H16BF3N2O2. The summed E-state index contributed by atoms with van der Waals surface area (Å²) in [6.45, 7) is 7.64. The second-order valence-electron chi connectivity index (χ2n) is 5.49. The first kappa shape index (κ1) is 15.2. The van der Waals surface area contributed by atoms with Crippen molar-refractivity contribution in [2.24, 2.45) is 0 Å². The molecule has 20 heavy (non-hydrogen) atoms. The zero-order valence-electron chi connectivity index (χ0n) is 11.8. The Morgan fingerprint density at radius 2 is 1.80 bits per heavy atom. The van der Waals surface area contributed by atoms with Crippen LogP contribution in [-0.2, 0) is 15.5 Å². The Bertz CT molecular complexity index is 492. The Morgan fingerprint density at radius 3 is 2.20 bits per heavy atom. The van der Waals surface area contributed by atoms with Gasteiger partial charge in [0.05, 0.1) is 23.0 Å². The zero-order valence-corrected chi connectivity index (χ0v) is 11.8. The highest BCUT2D eigenvalue weighted by Gasteiger charge is 2.54. The SMILES string of the molecule is CCC1(C)OB(c2cnc(C(F)(F)F)cn2)OC1(C)C. The molecule has 1 fully saturated rings. The average molecular weight is 288 g/mol. The van der Waals surface area contributed by atoms with Crippen LogP contribution in [0.2, 0.25) is 0 Å². The molecule has 0 amide bonds. The highest BCUT2D eigenvalue weighted by molar-refractivity contribution is 6.61. The van der Waals surface area contributed by atoms with E-state index in [0.717, 1.165) is 6.20 Å². The largest absolute Gasteiger partial charge is 0.516 e. The zero-order chi connectivity index (χ0) is 15.2. The molecule has 2 rings (SSSR count). The number of hydrogen-bond acceptors (Lipinski definition) is 4. The second kappa shape index (κ2) is 4.70. The van der Waals surface area contributed by atoms with Gasteiger partial charge < -0.3 is 9.31 Å². The first-order chi connectivity index (χ1) is 9.09. The van der Waals surface area contributed by atoms with Crippen molar-refractivity contribution in [3.8, 4) is 0 Å². The minimum absolute atomic E-state index is 0.239. The maximum atomic E-state index is 12.4. The summed E-state index contributed by atoms with van der Waals surface area (Å²) in [6.07, 6.45) is -2.05. The molecule has 1 unspecified atom stereocenters. The summed E-state index contributed by atoms with van der Waals surface area (Å²) in [4.78, 5) is 7.13. The van der Waals surface area contributed by atoms with Crippen LogP contribution in [0.25, 0.3) is 0 Å². The van der Waals surface area contributed by atoms with Gasteiger partial charge in [-0.3, -0.25) is 4.98 Å². The van der Waals surface area contributed by atoms with Crippen molar-refractivity contribution < 1.29 is 22.5 Å². The smallest absolute Gasteiger partial charge is 0.398 e. The quantitative estimate of drug-likeness (QED) is 0.782. The third-order valence-corrected chi connectivity index (χ3v) is 3.92. The van der Waals surface area contributed by atoms with Crippen molar-refractivity contribution in [3.63, 3.8) is 0 Å². The van der Waals surface area contributed by atoms with Crippen molar-refractivity contribution in [2.45, 2.75) is 51.5 Å². The van der Waals surface area contributed by atoms with Crippen molar-refractivity contribution in [3.05, 3.63) is 18.1 Å². The van der Waals surface area contributed by atoms with Crippen molar-refractivity contribution in [1.82, 2.24) is 9.97 Å². The van der Waals surface area contributed by atoms with Crippen LogP contribution in [0.4, 0.5) is 13.2 Å². The van der Waals surface area contributed by atoms with Gasteiger partial charge in [0.15, 0.2) is 5.69 Å². The Balaban J connectivity index is 2.23.